The average Bonchev–Trinajstić information content (AvgIpc) is 3.55. The predicted molar refractivity (Wildman–Crippen MR) is 210 cm³/mol. The van der Waals surface area contributed by atoms with Gasteiger partial charge in [-0.25, -0.2) is 9.48 Å². The maximum Gasteiger partial charge on any atom is 0.417 e. The molecule has 0 bridgehead atoms. The van der Waals surface area contributed by atoms with Crippen molar-refractivity contribution in [1.82, 2.24) is 14.7 Å². The highest BCUT2D eigenvalue weighted by atomic mass is 19.4. The fourth-order valence-electron chi connectivity index (χ4n) is 7.58. The first-order valence-electron chi connectivity index (χ1n) is 18.5. The molecule has 1 N–H and O–H groups in total. The van der Waals surface area contributed by atoms with Crippen LogP contribution in [0.1, 0.15) is 55.9 Å². The Bertz CT molecular complexity index is 2240. The highest BCUT2D eigenvalue weighted by Gasteiger charge is 2.42. The Labute approximate surface area is 323 Å². The lowest BCUT2D eigenvalue weighted by atomic mass is 9.77. The zero-order valence-electron chi connectivity index (χ0n) is 31.6. The molecule has 56 heavy (non-hydrogen) atoms. The highest BCUT2D eigenvalue weighted by Crippen LogP contribution is 2.45. The van der Waals surface area contributed by atoms with Crippen molar-refractivity contribution in [2.75, 3.05) is 25.5 Å². The van der Waals surface area contributed by atoms with Gasteiger partial charge in [0.1, 0.15) is 16.9 Å². The summed E-state index contributed by atoms with van der Waals surface area (Å²) in [6.07, 6.45) is -4.05. The van der Waals surface area contributed by atoms with Crippen LogP contribution in [0.15, 0.2) is 127 Å². The van der Waals surface area contributed by atoms with Crippen molar-refractivity contribution in [3.05, 3.63) is 150 Å². The first-order valence-corrected chi connectivity index (χ1v) is 18.5. The van der Waals surface area contributed by atoms with E-state index in [1.165, 1.54) is 19.2 Å². The summed E-state index contributed by atoms with van der Waals surface area (Å²) in [6.45, 7) is 5.97. The van der Waals surface area contributed by atoms with E-state index in [0.29, 0.717) is 30.3 Å². The maximum absolute atomic E-state index is 14.6. The van der Waals surface area contributed by atoms with E-state index >= 15 is 0 Å². The highest BCUT2D eigenvalue weighted by molar-refractivity contribution is 6.02. The molecule has 2 heterocycles. The summed E-state index contributed by atoms with van der Waals surface area (Å²) >= 11 is 0. The SMILES string of the molecule is COc1ccc(-c2ccc3c(c2)c(NC(=O)[C@@H]2CCCN(C(=O)OC(C)(C)C)C2)nn3C(c2ccccc2)(c2ccccc2)c2ccccc2)c(C(F)(F)F)c1. The fourth-order valence-corrected chi connectivity index (χ4v) is 7.58. The molecule has 1 aromatic heterocycles. The van der Waals surface area contributed by atoms with Gasteiger partial charge in [-0.3, -0.25) is 4.79 Å². The monoisotopic (exact) mass is 760 g/mol. The van der Waals surface area contributed by atoms with E-state index in [4.69, 9.17) is 14.6 Å². The van der Waals surface area contributed by atoms with Crippen molar-refractivity contribution in [2.45, 2.75) is 50.9 Å². The summed E-state index contributed by atoms with van der Waals surface area (Å²) in [5, 5.41) is 8.69. The van der Waals surface area contributed by atoms with Crippen LogP contribution in [0.2, 0.25) is 0 Å². The molecular weight excluding hydrogens is 718 g/mol. The summed E-state index contributed by atoms with van der Waals surface area (Å²) in [5.41, 5.74) is 0.770. The molecule has 11 heteroatoms. The molecule has 2 amide bonds. The van der Waals surface area contributed by atoms with Crippen LogP contribution in [0.25, 0.3) is 22.0 Å². The molecule has 1 atom stereocenters. The molecule has 0 unspecified atom stereocenters. The predicted octanol–water partition coefficient (Wildman–Crippen LogP) is 10.2. The Kier molecular flexibility index (Phi) is 10.4. The zero-order valence-corrected chi connectivity index (χ0v) is 31.6. The number of hydrogen-bond donors (Lipinski definition) is 1. The number of fused-ring (bicyclic) bond motifs is 1. The Hall–Kier alpha value is -6.10. The van der Waals surface area contributed by atoms with Crippen molar-refractivity contribution < 1.29 is 32.2 Å². The maximum atomic E-state index is 14.6. The van der Waals surface area contributed by atoms with E-state index in [-0.39, 0.29) is 35.1 Å². The molecule has 288 valence electrons. The molecule has 0 saturated carbocycles. The molecule has 8 nitrogen and oxygen atoms in total. The van der Waals surface area contributed by atoms with E-state index in [1.54, 1.807) is 43.9 Å². The second kappa shape index (κ2) is 15.2. The van der Waals surface area contributed by atoms with Crippen LogP contribution < -0.4 is 10.1 Å². The van der Waals surface area contributed by atoms with Gasteiger partial charge in [0.05, 0.1) is 24.1 Å². The molecule has 0 aliphatic carbocycles. The van der Waals surface area contributed by atoms with Gasteiger partial charge in [0.15, 0.2) is 5.82 Å². The summed E-state index contributed by atoms with van der Waals surface area (Å²) in [4.78, 5) is 28.8. The number of anilines is 1. The smallest absolute Gasteiger partial charge is 0.417 e. The van der Waals surface area contributed by atoms with E-state index in [2.05, 4.69) is 5.32 Å². The van der Waals surface area contributed by atoms with Gasteiger partial charge in [0.2, 0.25) is 5.91 Å². The van der Waals surface area contributed by atoms with E-state index in [9.17, 15) is 22.8 Å². The van der Waals surface area contributed by atoms with Crippen LogP contribution in [0, 0.1) is 5.92 Å². The Morgan fingerprint density at radius 2 is 1.38 bits per heavy atom. The number of amides is 2. The number of methoxy groups -OCH3 is 1. The molecule has 1 fully saturated rings. The number of carbonyl (C=O) groups is 2. The lowest BCUT2D eigenvalue weighted by Gasteiger charge is -2.37. The molecule has 1 saturated heterocycles. The van der Waals surface area contributed by atoms with Gasteiger partial charge in [-0.15, -0.1) is 0 Å². The van der Waals surface area contributed by atoms with Crippen LogP contribution in [0.4, 0.5) is 23.8 Å². The van der Waals surface area contributed by atoms with Gasteiger partial charge < -0.3 is 19.7 Å². The summed E-state index contributed by atoms with van der Waals surface area (Å²) < 4.78 is 56.3. The number of nitrogens with one attached hydrogen (secondary N) is 1. The van der Waals surface area contributed by atoms with Crippen molar-refractivity contribution in [1.29, 1.82) is 0 Å². The van der Waals surface area contributed by atoms with Crippen molar-refractivity contribution in [3.8, 4) is 16.9 Å². The van der Waals surface area contributed by atoms with Crippen LogP contribution in [-0.2, 0) is 21.2 Å². The van der Waals surface area contributed by atoms with Crippen molar-refractivity contribution >= 4 is 28.7 Å². The van der Waals surface area contributed by atoms with Crippen LogP contribution in [0.5, 0.6) is 5.75 Å². The molecule has 5 aromatic carbocycles. The third-order valence-electron chi connectivity index (χ3n) is 10.1. The number of piperidine rings is 1. The Morgan fingerprint density at radius 3 is 1.91 bits per heavy atom. The number of ether oxygens (including phenoxy) is 2. The standard InChI is InChI=1S/C45H43F3N4O4/c1-43(2,3)56-42(54)51-26-14-15-31(29-51)41(53)49-40-37-27-30(36-24-23-35(55-4)28-38(36)45(46,47)48)22-25-39(37)52(50-40)44(32-16-8-5-9-17-32,33-18-10-6-11-19-33)34-20-12-7-13-21-34/h5-13,16-25,27-28,31H,14-15,26,29H2,1-4H3,(H,49,50,53)/t31-/m1/s1. The fraction of sp³-hybridized carbons (Fsp3) is 0.267. The second-order valence-corrected chi connectivity index (χ2v) is 15.0. The largest absolute Gasteiger partial charge is 0.497 e. The second-order valence-electron chi connectivity index (χ2n) is 15.0. The number of alkyl halides is 3. The minimum Gasteiger partial charge on any atom is -0.497 e. The van der Waals surface area contributed by atoms with E-state index in [1.807, 2.05) is 95.7 Å². The third kappa shape index (κ3) is 7.45. The van der Waals surface area contributed by atoms with E-state index in [0.717, 1.165) is 22.8 Å². The number of halogens is 3. The van der Waals surface area contributed by atoms with Gasteiger partial charge in [0.25, 0.3) is 0 Å². The Morgan fingerprint density at radius 1 is 0.786 bits per heavy atom. The van der Waals surface area contributed by atoms with Crippen LogP contribution in [-0.4, -0.2) is 52.5 Å². The molecule has 6 aromatic rings. The lowest BCUT2D eigenvalue weighted by Crippen LogP contribution is -2.45. The van der Waals surface area contributed by atoms with Crippen LogP contribution >= 0.6 is 0 Å². The minimum atomic E-state index is -4.68. The molecule has 0 spiro atoms. The topological polar surface area (TPSA) is 85.7 Å². The summed E-state index contributed by atoms with van der Waals surface area (Å²) in [7, 11) is 1.32. The van der Waals surface area contributed by atoms with Crippen molar-refractivity contribution in [2.24, 2.45) is 5.92 Å². The average molecular weight is 761 g/mol. The van der Waals surface area contributed by atoms with Gasteiger partial charge in [-0.05, 0) is 85.7 Å². The normalized spacial score (nSPS) is 15.1. The molecular formula is C45H43F3N4O4. The minimum absolute atomic E-state index is 0.0500. The van der Waals surface area contributed by atoms with Gasteiger partial charge in [0, 0.05) is 18.5 Å². The molecule has 0 radical (unpaired) electrons. The molecule has 7 rings (SSSR count). The first kappa shape index (κ1) is 38.2. The number of benzene rings is 5. The van der Waals surface area contributed by atoms with Crippen molar-refractivity contribution in [3.63, 3.8) is 0 Å². The molecule has 1 aliphatic rings. The lowest BCUT2D eigenvalue weighted by molar-refractivity contribution is -0.137. The number of likely N-dealkylation sites (tertiary alicyclic amines) is 1. The van der Waals surface area contributed by atoms with Gasteiger partial charge in [-0.2, -0.15) is 18.3 Å². The number of rotatable bonds is 8. The number of carbonyl (C=O) groups excluding carboxylic acids is 2. The number of nitrogens with zero attached hydrogens (tertiary/aromatic N) is 3. The molecule has 1 aliphatic heterocycles. The first-order chi connectivity index (χ1) is 26.8. The van der Waals surface area contributed by atoms with Gasteiger partial charge >= 0.3 is 12.3 Å². The summed E-state index contributed by atoms with van der Waals surface area (Å²) in [5.74, 6) is -0.690. The van der Waals surface area contributed by atoms with E-state index < -0.39 is 34.9 Å². The number of hydrogen-bond acceptors (Lipinski definition) is 5. The number of aromatic nitrogens is 2. The quantitative estimate of drug-likeness (QED) is 0.156. The summed E-state index contributed by atoms with van der Waals surface area (Å²) in [6, 6.07) is 38.5. The third-order valence-corrected chi connectivity index (χ3v) is 10.1. The van der Waals surface area contributed by atoms with Gasteiger partial charge in [-0.1, -0.05) is 103 Å². The zero-order chi connectivity index (χ0) is 39.7. The Balaban J connectivity index is 1.44. The van der Waals surface area contributed by atoms with Crippen LogP contribution in [0.3, 0.4) is 0 Å².